The third kappa shape index (κ3) is 6.53. The molecule has 0 aliphatic rings. The van der Waals surface area contributed by atoms with Crippen molar-refractivity contribution in [3.8, 4) is 0 Å². The second-order valence-corrected chi connectivity index (χ2v) is 9.95. The maximum atomic E-state index is 13.5. The first-order chi connectivity index (χ1) is 15.9. The lowest BCUT2D eigenvalue weighted by Gasteiger charge is -2.32. The van der Waals surface area contributed by atoms with Crippen LogP contribution in [0, 0.1) is 24.0 Å². The van der Waals surface area contributed by atoms with Crippen molar-refractivity contribution in [1.82, 2.24) is 10.2 Å². The van der Waals surface area contributed by atoms with Crippen molar-refractivity contribution < 1.29 is 22.9 Å². The van der Waals surface area contributed by atoms with E-state index in [0.29, 0.717) is 12.0 Å². The van der Waals surface area contributed by atoms with Crippen LogP contribution in [0.3, 0.4) is 0 Å². The van der Waals surface area contributed by atoms with Crippen molar-refractivity contribution in [2.24, 2.45) is 0 Å². The summed E-state index contributed by atoms with van der Waals surface area (Å²) in [5, 5.41) is 13.8. The topological polar surface area (TPSA) is 130 Å². The number of nitrogens with zero attached hydrogens (tertiary/aromatic N) is 3. The number of non-ortho nitro benzene ring substituents is 1. The van der Waals surface area contributed by atoms with Gasteiger partial charge in [0.1, 0.15) is 12.6 Å². The number of nitro benzene ring substituents is 1. The first kappa shape index (κ1) is 26.8. The predicted octanol–water partition coefficient (Wildman–Crippen LogP) is 2.53. The van der Waals surface area contributed by atoms with E-state index in [4.69, 9.17) is 0 Å². The van der Waals surface area contributed by atoms with E-state index in [1.54, 1.807) is 13.8 Å². The Morgan fingerprint density at radius 2 is 1.74 bits per heavy atom. The van der Waals surface area contributed by atoms with E-state index >= 15 is 0 Å². The fraction of sp³-hybridized carbons (Fsp3) is 0.391. The number of anilines is 1. The van der Waals surface area contributed by atoms with Gasteiger partial charge >= 0.3 is 0 Å². The minimum absolute atomic E-state index is 0.0355. The van der Waals surface area contributed by atoms with Gasteiger partial charge in [0.05, 0.1) is 16.9 Å². The molecule has 0 heterocycles. The summed E-state index contributed by atoms with van der Waals surface area (Å²) in [6.45, 7) is 4.77. The Morgan fingerprint density at radius 3 is 2.24 bits per heavy atom. The highest BCUT2D eigenvalue weighted by Gasteiger charge is 2.32. The molecule has 0 saturated carbocycles. The highest BCUT2D eigenvalue weighted by atomic mass is 32.2. The smallest absolute Gasteiger partial charge is 0.271 e. The lowest BCUT2D eigenvalue weighted by atomic mass is 10.1. The van der Waals surface area contributed by atoms with Crippen LogP contribution >= 0.6 is 0 Å². The monoisotopic (exact) mass is 490 g/mol. The van der Waals surface area contributed by atoms with Gasteiger partial charge in [-0.1, -0.05) is 42.8 Å². The zero-order chi connectivity index (χ0) is 25.6. The maximum Gasteiger partial charge on any atom is 0.271 e. The molecule has 2 aromatic carbocycles. The molecule has 2 amide bonds. The van der Waals surface area contributed by atoms with Crippen LogP contribution in [0.5, 0.6) is 0 Å². The number of aryl methyl sites for hydroxylation is 2. The normalized spacial score (nSPS) is 12.0. The summed E-state index contributed by atoms with van der Waals surface area (Å²) in [6.07, 6.45) is 1.24. The Balaban J connectivity index is 2.51. The van der Waals surface area contributed by atoms with Crippen molar-refractivity contribution in [1.29, 1.82) is 0 Å². The number of benzene rings is 2. The number of sulfonamides is 1. The van der Waals surface area contributed by atoms with Crippen LogP contribution in [0.1, 0.15) is 30.0 Å². The Bertz CT molecular complexity index is 1160. The molecule has 184 valence electrons. The van der Waals surface area contributed by atoms with Gasteiger partial charge in [-0.3, -0.25) is 24.0 Å². The lowest BCUT2D eigenvalue weighted by molar-refractivity contribution is -0.384. The van der Waals surface area contributed by atoms with Crippen LogP contribution in [0.4, 0.5) is 11.4 Å². The summed E-state index contributed by atoms with van der Waals surface area (Å²) in [4.78, 5) is 38.0. The van der Waals surface area contributed by atoms with E-state index in [-0.39, 0.29) is 23.8 Å². The zero-order valence-electron chi connectivity index (χ0n) is 19.9. The molecule has 2 rings (SSSR count). The van der Waals surface area contributed by atoms with E-state index in [0.717, 1.165) is 27.8 Å². The average molecular weight is 491 g/mol. The maximum absolute atomic E-state index is 13.5. The van der Waals surface area contributed by atoms with Crippen LogP contribution in [-0.4, -0.2) is 55.9 Å². The number of amides is 2. The van der Waals surface area contributed by atoms with E-state index in [9.17, 15) is 28.1 Å². The number of rotatable bonds is 10. The van der Waals surface area contributed by atoms with Crippen LogP contribution < -0.4 is 9.62 Å². The fourth-order valence-corrected chi connectivity index (χ4v) is 4.45. The van der Waals surface area contributed by atoms with Gasteiger partial charge in [-0.25, -0.2) is 8.42 Å². The Kier molecular flexibility index (Phi) is 8.74. The first-order valence-corrected chi connectivity index (χ1v) is 12.5. The van der Waals surface area contributed by atoms with Gasteiger partial charge in [0.15, 0.2) is 0 Å². The Labute approximate surface area is 199 Å². The van der Waals surface area contributed by atoms with E-state index in [1.165, 1.54) is 24.1 Å². The lowest BCUT2D eigenvalue weighted by Crippen LogP contribution is -2.51. The van der Waals surface area contributed by atoms with Gasteiger partial charge in [0, 0.05) is 25.7 Å². The van der Waals surface area contributed by atoms with Gasteiger partial charge in [0.2, 0.25) is 21.8 Å². The van der Waals surface area contributed by atoms with Gasteiger partial charge in [0.25, 0.3) is 5.69 Å². The summed E-state index contributed by atoms with van der Waals surface area (Å²) in [6, 6.07) is 10.4. The van der Waals surface area contributed by atoms with Crippen LogP contribution in [0.2, 0.25) is 0 Å². The first-order valence-electron chi connectivity index (χ1n) is 10.7. The van der Waals surface area contributed by atoms with Gasteiger partial charge in [-0.05, 0) is 31.4 Å². The molecule has 0 saturated heterocycles. The number of carbonyl (C=O) groups is 2. The van der Waals surface area contributed by atoms with Gasteiger partial charge < -0.3 is 10.2 Å². The second kappa shape index (κ2) is 11.1. The number of hydrogen-bond acceptors (Lipinski definition) is 6. The summed E-state index contributed by atoms with van der Waals surface area (Å²) < 4.78 is 26.2. The largest absolute Gasteiger partial charge is 0.357 e. The molecule has 1 N–H and O–H groups in total. The molecule has 11 heteroatoms. The molecule has 0 spiro atoms. The molecular weight excluding hydrogens is 460 g/mol. The Hall–Kier alpha value is -3.47. The Morgan fingerprint density at radius 1 is 1.12 bits per heavy atom. The molecule has 0 aliphatic heterocycles. The summed E-state index contributed by atoms with van der Waals surface area (Å²) in [7, 11) is -2.52. The number of hydrogen-bond donors (Lipinski definition) is 1. The molecule has 0 aromatic heterocycles. The number of carbonyl (C=O) groups excluding carboxylic acids is 2. The molecule has 0 bridgehead atoms. The van der Waals surface area contributed by atoms with Crippen LogP contribution in [0.15, 0.2) is 42.5 Å². The summed E-state index contributed by atoms with van der Waals surface area (Å²) >= 11 is 0. The van der Waals surface area contributed by atoms with Crippen molar-refractivity contribution in [2.75, 3.05) is 24.2 Å². The minimum atomic E-state index is -3.99. The van der Waals surface area contributed by atoms with E-state index < -0.39 is 33.4 Å². The fourth-order valence-electron chi connectivity index (χ4n) is 3.55. The average Bonchev–Trinajstić information content (AvgIpc) is 2.77. The molecule has 0 unspecified atom stereocenters. The van der Waals surface area contributed by atoms with Gasteiger partial charge in [-0.15, -0.1) is 0 Å². The molecule has 0 radical (unpaired) electrons. The standard InChI is InChI=1S/C23H30N4O6S/c1-6-20(23(29)24-4)25(14-18-10-7-16(2)8-11-18)22(28)15-26(34(5,32)33)21-13-19(27(30)31)12-9-17(21)3/h7-13,20H,6,14-15H2,1-5H3,(H,24,29)/t20-/m1/s1. The van der Waals surface area contributed by atoms with Crippen LogP contribution in [0.25, 0.3) is 0 Å². The molecule has 0 fully saturated rings. The van der Waals surface area contributed by atoms with E-state index in [1.807, 2.05) is 31.2 Å². The third-order valence-corrected chi connectivity index (χ3v) is 6.58. The van der Waals surface area contributed by atoms with Crippen molar-refractivity contribution in [3.63, 3.8) is 0 Å². The summed E-state index contributed by atoms with van der Waals surface area (Å²) in [5.74, 6) is -0.979. The molecule has 2 aromatic rings. The van der Waals surface area contributed by atoms with Crippen molar-refractivity contribution in [2.45, 2.75) is 39.8 Å². The summed E-state index contributed by atoms with van der Waals surface area (Å²) in [5.41, 5.74) is 2.00. The van der Waals surface area contributed by atoms with Crippen molar-refractivity contribution >= 4 is 33.2 Å². The third-order valence-electron chi connectivity index (χ3n) is 5.46. The van der Waals surface area contributed by atoms with E-state index in [2.05, 4.69) is 5.32 Å². The molecule has 34 heavy (non-hydrogen) atoms. The molecule has 10 nitrogen and oxygen atoms in total. The number of nitrogens with one attached hydrogen (secondary N) is 1. The molecule has 1 atom stereocenters. The quantitative estimate of drug-likeness (QED) is 0.402. The highest BCUT2D eigenvalue weighted by molar-refractivity contribution is 7.92. The predicted molar refractivity (Wildman–Crippen MR) is 130 cm³/mol. The molecule has 0 aliphatic carbocycles. The number of nitro groups is 1. The SMILES string of the molecule is CC[C@H](C(=O)NC)N(Cc1ccc(C)cc1)C(=O)CN(c1cc([N+](=O)[O-])ccc1C)S(C)(=O)=O. The number of likely N-dealkylation sites (N-methyl/N-ethyl adjacent to an activating group) is 1. The van der Waals surface area contributed by atoms with Crippen molar-refractivity contribution in [3.05, 3.63) is 69.3 Å². The zero-order valence-corrected chi connectivity index (χ0v) is 20.8. The minimum Gasteiger partial charge on any atom is -0.357 e. The van der Waals surface area contributed by atoms with Gasteiger partial charge in [-0.2, -0.15) is 0 Å². The highest BCUT2D eigenvalue weighted by Crippen LogP contribution is 2.28. The molecular formula is C23H30N4O6S. The van der Waals surface area contributed by atoms with Crippen LogP contribution in [-0.2, 0) is 26.2 Å². The second-order valence-electron chi connectivity index (χ2n) is 8.04.